The summed E-state index contributed by atoms with van der Waals surface area (Å²) in [6.07, 6.45) is 32.4. The Balaban J connectivity index is 1.10. The highest BCUT2D eigenvalue weighted by Crippen LogP contribution is 2.63. The molecular formula is C60H98O6. The Morgan fingerprint density at radius 1 is 0.561 bits per heavy atom. The predicted octanol–water partition coefficient (Wildman–Crippen LogP) is 13.2. The van der Waals surface area contributed by atoms with Crippen molar-refractivity contribution in [3.8, 4) is 0 Å². The molecule has 0 aromatic heterocycles. The van der Waals surface area contributed by atoms with Gasteiger partial charge in [-0.05, 0) is 185 Å². The van der Waals surface area contributed by atoms with Crippen LogP contribution < -0.4 is 0 Å². The van der Waals surface area contributed by atoms with E-state index in [1.165, 1.54) is 89.9 Å². The Morgan fingerprint density at radius 2 is 0.939 bits per heavy atom. The molecule has 6 rings (SSSR count). The average Bonchev–Trinajstić information content (AvgIpc) is 3.76. The first-order chi connectivity index (χ1) is 31.0. The second kappa shape index (κ2) is 22.5. The molecule has 0 unspecified atom stereocenters. The van der Waals surface area contributed by atoms with E-state index in [1.54, 1.807) is 11.1 Å². The van der Waals surface area contributed by atoms with Crippen LogP contribution in [0.4, 0.5) is 0 Å². The molecule has 6 aliphatic rings. The lowest BCUT2D eigenvalue weighted by molar-refractivity contribution is 0.0498. The van der Waals surface area contributed by atoms with Gasteiger partial charge >= 0.3 is 0 Å². The number of aliphatic hydroxyl groups is 6. The summed E-state index contributed by atoms with van der Waals surface area (Å²) in [5.41, 5.74) is 6.00. The van der Waals surface area contributed by atoms with E-state index in [1.807, 2.05) is 27.7 Å². The molecule has 6 saturated carbocycles. The predicted molar refractivity (Wildman–Crippen MR) is 274 cm³/mol. The van der Waals surface area contributed by atoms with Gasteiger partial charge in [-0.15, -0.1) is 0 Å². The lowest BCUT2D eigenvalue weighted by Crippen LogP contribution is -2.39. The summed E-state index contributed by atoms with van der Waals surface area (Å²) in [4.78, 5) is 0. The lowest BCUT2D eigenvalue weighted by atomic mass is 9.57. The number of rotatable bonds is 19. The van der Waals surface area contributed by atoms with E-state index in [2.05, 4.69) is 65.2 Å². The highest BCUT2D eigenvalue weighted by molar-refractivity contribution is 5.40. The Bertz CT molecular complexity index is 1640. The van der Waals surface area contributed by atoms with Gasteiger partial charge in [0.15, 0.2) is 0 Å². The topological polar surface area (TPSA) is 121 Å². The summed E-state index contributed by atoms with van der Waals surface area (Å²) in [6.45, 7) is 26.4. The van der Waals surface area contributed by atoms with E-state index in [0.717, 1.165) is 60.8 Å². The maximum atomic E-state index is 10.6. The van der Waals surface area contributed by atoms with E-state index >= 15 is 0 Å². The molecule has 0 aromatic rings. The molecule has 6 heteroatoms. The van der Waals surface area contributed by atoms with Crippen LogP contribution in [0.2, 0.25) is 0 Å². The molecule has 0 saturated heterocycles. The summed E-state index contributed by atoms with van der Waals surface area (Å²) in [6, 6.07) is 0. The molecule has 0 spiro atoms. The summed E-state index contributed by atoms with van der Waals surface area (Å²) in [5.74, 6) is 5.08. The molecule has 14 atom stereocenters. The number of hydrogen-bond acceptors (Lipinski definition) is 6. The van der Waals surface area contributed by atoms with Gasteiger partial charge in [0, 0.05) is 12.8 Å². The van der Waals surface area contributed by atoms with Crippen molar-refractivity contribution in [2.45, 2.75) is 245 Å². The van der Waals surface area contributed by atoms with Crippen LogP contribution in [0.5, 0.6) is 0 Å². The van der Waals surface area contributed by atoms with Crippen molar-refractivity contribution in [3.05, 3.63) is 70.9 Å². The summed E-state index contributed by atoms with van der Waals surface area (Å²) < 4.78 is 0. The normalized spacial score (nSPS) is 38.9. The van der Waals surface area contributed by atoms with Gasteiger partial charge in [-0.1, -0.05) is 141 Å². The van der Waals surface area contributed by atoms with Crippen LogP contribution in [0.15, 0.2) is 70.9 Å². The second-order valence-corrected chi connectivity index (χ2v) is 25.5. The van der Waals surface area contributed by atoms with Gasteiger partial charge in [0.2, 0.25) is 0 Å². The number of hydrogen-bond donors (Lipinski definition) is 6. The minimum Gasteiger partial charge on any atom is -0.393 e. The summed E-state index contributed by atoms with van der Waals surface area (Å²) in [7, 11) is 0. The fourth-order valence-corrected chi connectivity index (χ4v) is 15.6. The standard InChI is InChI=1S/C60H98O6/c1-39(17-15-29-57(5,6)65)51-25-27-53-47(23-21-45-33-49(61)35-55(63)41(45)3)31-43(37-59(51,53)9)19-13-11-12-14-20-44-32-48(24-22-46-34-50(62)36-56(64)42(46)4)54-28-26-52(60(54,10)38-44)40(2)18-16-30-58(7,8)66/h21-24,39-40,43-44,49-56,61-66H,3-4,11-20,25-38H2,1-2,5-10H3/b45-21-,46-22+,47-23+,48-24+/t39-,40-,43+,44+,49-,50-,51-,52-,53+,54+,55+,56+,59-,60-/m1/s1. The molecule has 6 nitrogen and oxygen atoms in total. The van der Waals surface area contributed by atoms with Crippen molar-refractivity contribution in [2.75, 3.05) is 0 Å². The fraction of sp³-hybridized carbons (Fsp3) is 0.800. The molecule has 66 heavy (non-hydrogen) atoms. The Labute approximate surface area is 403 Å². The van der Waals surface area contributed by atoms with E-state index in [9.17, 15) is 30.6 Å². The Hall–Kier alpha value is -1.80. The SMILES string of the molecule is C=C1/C(=C\C=C2/C[C@H](CCCCCC[C@H]3C/C(=C\C=C4/C[C@@H](O)C[C@H](O)C4=C)[C@@H]4CC[C@H]([C@H](C)CCCC(C)(C)O)[C@@]4(C)C3)C[C@]3(C)[C@@H]([C@H](C)CCCC(C)(C)O)CC[C@@H]23)C[C@@H](O)C[C@@H]1O. The largest absolute Gasteiger partial charge is 0.393 e. The minimum absolute atomic E-state index is 0.259. The van der Waals surface area contributed by atoms with Crippen LogP contribution in [-0.4, -0.2) is 66.3 Å². The van der Waals surface area contributed by atoms with Crippen molar-refractivity contribution >= 4 is 0 Å². The van der Waals surface area contributed by atoms with Gasteiger partial charge in [0.25, 0.3) is 0 Å². The van der Waals surface area contributed by atoms with E-state index in [4.69, 9.17) is 0 Å². The number of aliphatic hydroxyl groups excluding tert-OH is 4. The number of allylic oxidation sites excluding steroid dienone is 6. The van der Waals surface area contributed by atoms with E-state index in [0.29, 0.717) is 73.0 Å². The first-order valence-corrected chi connectivity index (χ1v) is 27.3. The average molecular weight is 915 g/mol. The van der Waals surface area contributed by atoms with Crippen molar-refractivity contribution in [1.29, 1.82) is 0 Å². The first-order valence-electron chi connectivity index (χ1n) is 27.3. The molecule has 0 aliphatic heterocycles. The van der Waals surface area contributed by atoms with Gasteiger partial charge in [-0.3, -0.25) is 0 Å². The maximum Gasteiger partial charge on any atom is 0.0811 e. The van der Waals surface area contributed by atoms with Gasteiger partial charge in [0.1, 0.15) is 0 Å². The smallest absolute Gasteiger partial charge is 0.0811 e. The van der Waals surface area contributed by atoms with Crippen molar-refractivity contribution in [3.63, 3.8) is 0 Å². The number of fused-ring (bicyclic) bond motifs is 2. The van der Waals surface area contributed by atoms with E-state index < -0.39 is 35.6 Å². The Kier molecular flexibility index (Phi) is 18.3. The third-order valence-corrected chi connectivity index (χ3v) is 19.0. The lowest BCUT2D eigenvalue weighted by Gasteiger charge is -2.48. The zero-order valence-corrected chi connectivity index (χ0v) is 43.3. The van der Waals surface area contributed by atoms with Crippen molar-refractivity contribution < 1.29 is 30.6 Å². The molecule has 0 aromatic carbocycles. The molecule has 0 bridgehead atoms. The summed E-state index contributed by atoms with van der Waals surface area (Å²) in [5, 5.41) is 63.1. The third kappa shape index (κ3) is 13.5. The monoisotopic (exact) mass is 915 g/mol. The van der Waals surface area contributed by atoms with E-state index in [-0.39, 0.29) is 10.8 Å². The zero-order chi connectivity index (χ0) is 48.2. The molecule has 6 fully saturated rings. The van der Waals surface area contributed by atoms with Crippen LogP contribution in [0.25, 0.3) is 0 Å². The molecule has 0 amide bonds. The van der Waals surface area contributed by atoms with Crippen LogP contribution >= 0.6 is 0 Å². The highest BCUT2D eigenvalue weighted by atomic mass is 16.3. The van der Waals surface area contributed by atoms with Crippen LogP contribution in [0, 0.1) is 58.2 Å². The van der Waals surface area contributed by atoms with Crippen LogP contribution in [0.1, 0.15) is 209 Å². The highest BCUT2D eigenvalue weighted by Gasteiger charge is 2.54. The van der Waals surface area contributed by atoms with Crippen molar-refractivity contribution in [2.24, 2.45) is 58.2 Å². The summed E-state index contributed by atoms with van der Waals surface area (Å²) >= 11 is 0. The second-order valence-electron chi connectivity index (χ2n) is 25.5. The molecular weight excluding hydrogens is 817 g/mol. The zero-order valence-electron chi connectivity index (χ0n) is 43.3. The third-order valence-electron chi connectivity index (χ3n) is 19.0. The van der Waals surface area contributed by atoms with Gasteiger partial charge in [-0.25, -0.2) is 0 Å². The van der Waals surface area contributed by atoms with Crippen LogP contribution in [-0.2, 0) is 0 Å². The molecule has 6 N–H and O–H groups in total. The Morgan fingerprint density at radius 3 is 1.30 bits per heavy atom. The molecule has 374 valence electrons. The first kappa shape index (κ1) is 53.5. The number of unbranched alkanes of at least 4 members (excludes halogenated alkanes) is 3. The molecule has 0 heterocycles. The maximum absolute atomic E-state index is 10.6. The molecule has 6 aliphatic carbocycles. The van der Waals surface area contributed by atoms with Gasteiger partial charge < -0.3 is 30.6 Å². The van der Waals surface area contributed by atoms with Crippen molar-refractivity contribution in [1.82, 2.24) is 0 Å². The van der Waals surface area contributed by atoms with Crippen LogP contribution in [0.3, 0.4) is 0 Å². The molecule has 0 radical (unpaired) electrons. The minimum atomic E-state index is -0.666. The quantitative estimate of drug-likeness (QED) is 0.0718. The van der Waals surface area contributed by atoms with Gasteiger partial charge in [0.05, 0.1) is 35.6 Å². The fourth-order valence-electron chi connectivity index (χ4n) is 15.6. The van der Waals surface area contributed by atoms with Gasteiger partial charge in [-0.2, -0.15) is 0 Å².